The Morgan fingerprint density at radius 2 is 1.69 bits per heavy atom. The number of aliphatic hydroxyl groups is 2. The van der Waals surface area contributed by atoms with E-state index in [-0.39, 0.29) is 19.1 Å². The van der Waals surface area contributed by atoms with Crippen LogP contribution in [0.5, 0.6) is 0 Å². The van der Waals surface area contributed by atoms with E-state index in [1.807, 2.05) is 0 Å². The Morgan fingerprint density at radius 1 is 1.12 bits per heavy atom. The third kappa shape index (κ3) is 4.47. The number of nitrogens with zero attached hydrogens (tertiary/aromatic N) is 2. The lowest BCUT2D eigenvalue weighted by Crippen LogP contribution is -2.37. The van der Waals surface area contributed by atoms with Crippen molar-refractivity contribution in [3.05, 3.63) is 0 Å². The summed E-state index contributed by atoms with van der Waals surface area (Å²) < 4.78 is 0. The van der Waals surface area contributed by atoms with Crippen LogP contribution in [0.2, 0.25) is 0 Å². The second-order valence-corrected chi connectivity index (χ2v) is 4.13. The van der Waals surface area contributed by atoms with Gasteiger partial charge in [-0.3, -0.25) is 4.79 Å². The van der Waals surface area contributed by atoms with Gasteiger partial charge >= 0.3 is 0 Å². The summed E-state index contributed by atoms with van der Waals surface area (Å²) in [5, 5.41) is 17.6. The molecule has 16 heavy (non-hydrogen) atoms. The normalized spacial score (nSPS) is 16.6. The lowest BCUT2D eigenvalue weighted by Gasteiger charge is -2.22. The summed E-state index contributed by atoms with van der Waals surface area (Å²) in [6.07, 6.45) is 2.94. The Labute approximate surface area is 96.7 Å². The standard InChI is InChI=1S/C11H22N2O3/c14-9-7-13(8-10-15)11(16)3-6-12-4-1-2-5-12/h14-15H,1-10H2. The molecule has 1 saturated heterocycles. The Bertz CT molecular complexity index is 199. The highest BCUT2D eigenvalue weighted by Crippen LogP contribution is 2.08. The van der Waals surface area contributed by atoms with Gasteiger partial charge in [-0.15, -0.1) is 0 Å². The zero-order valence-corrected chi connectivity index (χ0v) is 9.77. The van der Waals surface area contributed by atoms with E-state index in [0.717, 1.165) is 19.6 Å². The second kappa shape index (κ2) is 7.60. The number of likely N-dealkylation sites (tertiary alicyclic amines) is 1. The first-order valence-electron chi connectivity index (χ1n) is 5.99. The highest BCUT2D eigenvalue weighted by atomic mass is 16.3. The van der Waals surface area contributed by atoms with Crippen molar-refractivity contribution in [2.75, 3.05) is 45.9 Å². The van der Waals surface area contributed by atoms with E-state index in [9.17, 15) is 4.79 Å². The van der Waals surface area contributed by atoms with E-state index in [1.165, 1.54) is 17.7 Å². The van der Waals surface area contributed by atoms with Gasteiger partial charge in [0.2, 0.25) is 5.91 Å². The number of carbonyl (C=O) groups excluding carboxylic acids is 1. The Kier molecular flexibility index (Phi) is 6.37. The first-order chi connectivity index (χ1) is 7.77. The van der Waals surface area contributed by atoms with Crippen LogP contribution >= 0.6 is 0 Å². The van der Waals surface area contributed by atoms with Crippen LogP contribution in [0.4, 0.5) is 0 Å². The van der Waals surface area contributed by atoms with E-state index in [4.69, 9.17) is 10.2 Å². The van der Waals surface area contributed by atoms with Crippen molar-refractivity contribution in [2.45, 2.75) is 19.3 Å². The van der Waals surface area contributed by atoms with E-state index in [2.05, 4.69) is 4.90 Å². The molecule has 5 heteroatoms. The van der Waals surface area contributed by atoms with Crippen LogP contribution in [-0.4, -0.2) is 71.9 Å². The first-order valence-corrected chi connectivity index (χ1v) is 5.99. The van der Waals surface area contributed by atoms with Crippen LogP contribution in [0, 0.1) is 0 Å². The van der Waals surface area contributed by atoms with Gasteiger partial charge < -0.3 is 20.0 Å². The van der Waals surface area contributed by atoms with Gasteiger partial charge in [0, 0.05) is 26.1 Å². The van der Waals surface area contributed by atoms with Crippen LogP contribution in [-0.2, 0) is 4.79 Å². The Morgan fingerprint density at radius 3 is 2.19 bits per heavy atom. The van der Waals surface area contributed by atoms with E-state index < -0.39 is 0 Å². The number of rotatable bonds is 7. The van der Waals surface area contributed by atoms with Crippen molar-refractivity contribution in [3.8, 4) is 0 Å². The molecule has 5 nitrogen and oxygen atoms in total. The summed E-state index contributed by atoms with van der Waals surface area (Å²) in [7, 11) is 0. The molecule has 1 amide bonds. The zero-order valence-electron chi connectivity index (χ0n) is 9.77. The fourth-order valence-corrected chi connectivity index (χ4v) is 2.02. The molecule has 0 atom stereocenters. The van der Waals surface area contributed by atoms with E-state index in [1.54, 1.807) is 0 Å². The molecule has 0 aliphatic carbocycles. The van der Waals surface area contributed by atoms with Gasteiger partial charge in [-0.1, -0.05) is 0 Å². The molecule has 0 saturated carbocycles. The average molecular weight is 230 g/mol. The third-order valence-electron chi connectivity index (χ3n) is 2.93. The molecule has 1 aliphatic rings. The minimum absolute atomic E-state index is 0.0231. The van der Waals surface area contributed by atoms with Crippen molar-refractivity contribution in [1.29, 1.82) is 0 Å². The summed E-state index contributed by atoms with van der Waals surface area (Å²) in [5.41, 5.74) is 0. The second-order valence-electron chi connectivity index (χ2n) is 4.13. The third-order valence-corrected chi connectivity index (χ3v) is 2.93. The molecule has 0 bridgehead atoms. The van der Waals surface area contributed by atoms with Crippen molar-refractivity contribution >= 4 is 5.91 Å². The molecule has 2 N–H and O–H groups in total. The summed E-state index contributed by atoms with van der Waals surface area (Å²) >= 11 is 0. The molecule has 0 aromatic rings. The van der Waals surface area contributed by atoms with Crippen molar-refractivity contribution < 1.29 is 15.0 Å². The fraction of sp³-hybridized carbons (Fsp3) is 0.909. The molecule has 0 radical (unpaired) electrons. The molecule has 1 aliphatic heterocycles. The highest BCUT2D eigenvalue weighted by molar-refractivity contribution is 5.76. The van der Waals surface area contributed by atoms with Crippen LogP contribution in [0.3, 0.4) is 0 Å². The monoisotopic (exact) mass is 230 g/mol. The maximum atomic E-state index is 11.8. The predicted octanol–water partition coefficient (Wildman–Crippen LogP) is -0.714. The van der Waals surface area contributed by atoms with Crippen LogP contribution in [0.15, 0.2) is 0 Å². The van der Waals surface area contributed by atoms with Crippen LogP contribution in [0.25, 0.3) is 0 Å². The number of aliphatic hydroxyl groups excluding tert-OH is 2. The van der Waals surface area contributed by atoms with Gasteiger partial charge in [-0.25, -0.2) is 0 Å². The maximum absolute atomic E-state index is 11.8. The minimum Gasteiger partial charge on any atom is -0.395 e. The molecular formula is C11H22N2O3. The zero-order chi connectivity index (χ0) is 11.8. The SMILES string of the molecule is O=C(CCN1CCCC1)N(CCO)CCO. The van der Waals surface area contributed by atoms with Gasteiger partial charge in [0.25, 0.3) is 0 Å². The number of carbonyl (C=O) groups is 1. The van der Waals surface area contributed by atoms with Crippen molar-refractivity contribution in [1.82, 2.24) is 9.80 Å². The molecule has 94 valence electrons. The van der Waals surface area contributed by atoms with Crippen molar-refractivity contribution in [2.24, 2.45) is 0 Å². The lowest BCUT2D eigenvalue weighted by molar-refractivity contribution is -0.132. The quantitative estimate of drug-likeness (QED) is 0.606. The fourth-order valence-electron chi connectivity index (χ4n) is 2.02. The number of hydrogen-bond acceptors (Lipinski definition) is 4. The highest BCUT2D eigenvalue weighted by Gasteiger charge is 2.16. The van der Waals surface area contributed by atoms with Gasteiger partial charge in [-0.2, -0.15) is 0 Å². The first kappa shape index (κ1) is 13.4. The molecule has 1 fully saturated rings. The molecule has 0 spiro atoms. The van der Waals surface area contributed by atoms with Crippen molar-refractivity contribution in [3.63, 3.8) is 0 Å². The summed E-state index contributed by atoms with van der Waals surface area (Å²) in [4.78, 5) is 15.6. The maximum Gasteiger partial charge on any atom is 0.224 e. The molecule has 0 unspecified atom stereocenters. The van der Waals surface area contributed by atoms with Gasteiger partial charge in [0.1, 0.15) is 0 Å². The number of amides is 1. The molecule has 1 heterocycles. The molecular weight excluding hydrogens is 208 g/mol. The van der Waals surface area contributed by atoms with Crippen LogP contribution in [0.1, 0.15) is 19.3 Å². The Balaban J connectivity index is 2.24. The largest absolute Gasteiger partial charge is 0.395 e. The minimum atomic E-state index is -0.0462. The van der Waals surface area contributed by atoms with E-state index >= 15 is 0 Å². The van der Waals surface area contributed by atoms with Gasteiger partial charge in [-0.05, 0) is 25.9 Å². The summed E-state index contributed by atoms with van der Waals surface area (Å²) in [6, 6.07) is 0. The van der Waals surface area contributed by atoms with Gasteiger partial charge in [0.15, 0.2) is 0 Å². The summed E-state index contributed by atoms with van der Waals surface area (Å²) in [5.74, 6) is 0.0231. The molecule has 0 aromatic carbocycles. The predicted molar refractivity (Wildman–Crippen MR) is 61.0 cm³/mol. The average Bonchev–Trinajstić information content (AvgIpc) is 2.78. The van der Waals surface area contributed by atoms with Gasteiger partial charge in [0.05, 0.1) is 13.2 Å². The summed E-state index contributed by atoms with van der Waals surface area (Å²) in [6.45, 7) is 3.52. The number of hydrogen-bond donors (Lipinski definition) is 2. The van der Waals surface area contributed by atoms with E-state index in [0.29, 0.717) is 19.5 Å². The lowest BCUT2D eigenvalue weighted by atomic mass is 10.3. The van der Waals surface area contributed by atoms with Crippen LogP contribution < -0.4 is 0 Å². The molecule has 1 rings (SSSR count). The smallest absolute Gasteiger partial charge is 0.224 e. The topological polar surface area (TPSA) is 64.0 Å². The molecule has 0 aromatic heterocycles. The Hall–Kier alpha value is -0.650.